The third-order valence-corrected chi connectivity index (χ3v) is 5.22. The van der Waals surface area contributed by atoms with Crippen LogP contribution in [-0.2, 0) is 6.54 Å². The van der Waals surface area contributed by atoms with Gasteiger partial charge in [0.1, 0.15) is 5.82 Å². The topological polar surface area (TPSA) is 24.0 Å². The number of aromatic amines is 1. The van der Waals surface area contributed by atoms with Gasteiger partial charge in [-0.1, -0.05) is 6.92 Å². The Hall–Kier alpha value is -0.470. The number of H-pyrrole nitrogens is 1. The maximum atomic E-state index is 13.8. The van der Waals surface area contributed by atoms with Crippen LogP contribution in [0.1, 0.15) is 13.3 Å². The van der Waals surface area contributed by atoms with Crippen molar-refractivity contribution in [1.82, 2.24) is 14.5 Å². The van der Waals surface area contributed by atoms with E-state index in [0.29, 0.717) is 14.3 Å². The van der Waals surface area contributed by atoms with E-state index in [4.69, 9.17) is 12.2 Å². The van der Waals surface area contributed by atoms with Crippen LogP contribution in [0.2, 0.25) is 0 Å². The monoisotopic (exact) mass is 405 g/mol. The summed E-state index contributed by atoms with van der Waals surface area (Å²) in [6, 6.07) is 3.42. The molecule has 0 saturated carbocycles. The SMILES string of the molecule is CCN1CCC(Cn2c(=S)[nH]c3cc(I)c(F)cc32)C1. The van der Waals surface area contributed by atoms with E-state index in [2.05, 4.69) is 16.8 Å². The number of nitrogens with zero attached hydrogens (tertiary/aromatic N) is 2. The summed E-state index contributed by atoms with van der Waals surface area (Å²) in [4.78, 5) is 5.64. The summed E-state index contributed by atoms with van der Waals surface area (Å²) in [5, 5.41) is 0. The highest BCUT2D eigenvalue weighted by Crippen LogP contribution is 2.24. The van der Waals surface area contributed by atoms with Gasteiger partial charge in [0, 0.05) is 19.2 Å². The van der Waals surface area contributed by atoms with Crippen molar-refractivity contribution in [2.75, 3.05) is 19.6 Å². The molecule has 1 N–H and O–H groups in total. The fourth-order valence-corrected chi connectivity index (χ4v) is 3.69. The molecular weight excluding hydrogens is 388 g/mol. The van der Waals surface area contributed by atoms with Crippen LogP contribution in [0.3, 0.4) is 0 Å². The van der Waals surface area contributed by atoms with Gasteiger partial charge in [-0.05, 0) is 66.3 Å². The number of likely N-dealkylation sites (tertiary alicyclic amines) is 1. The lowest BCUT2D eigenvalue weighted by Crippen LogP contribution is -2.21. The third-order valence-electron chi connectivity index (χ3n) is 4.07. The van der Waals surface area contributed by atoms with Crippen molar-refractivity contribution in [3.63, 3.8) is 0 Å². The Morgan fingerprint density at radius 1 is 1.50 bits per heavy atom. The second-order valence-corrected chi connectivity index (χ2v) is 6.92. The zero-order valence-electron chi connectivity index (χ0n) is 11.3. The Morgan fingerprint density at radius 3 is 3.00 bits per heavy atom. The van der Waals surface area contributed by atoms with Crippen molar-refractivity contribution in [1.29, 1.82) is 0 Å². The average molecular weight is 405 g/mol. The average Bonchev–Trinajstić information content (AvgIpc) is 2.98. The van der Waals surface area contributed by atoms with Gasteiger partial charge in [-0.3, -0.25) is 0 Å². The molecule has 0 spiro atoms. The molecule has 0 aliphatic carbocycles. The molecule has 108 valence electrons. The summed E-state index contributed by atoms with van der Waals surface area (Å²) in [6.45, 7) is 6.43. The fourth-order valence-electron chi connectivity index (χ4n) is 2.94. The van der Waals surface area contributed by atoms with E-state index >= 15 is 0 Å². The summed E-state index contributed by atoms with van der Waals surface area (Å²) in [5.74, 6) is 0.422. The third kappa shape index (κ3) is 2.65. The van der Waals surface area contributed by atoms with Crippen LogP contribution in [0.15, 0.2) is 12.1 Å². The van der Waals surface area contributed by atoms with Crippen LogP contribution in [0.4, 0.5) is 4.39 Å². The van der Waals surface area contributed by atoms with E-state index in [1.807, 2.05) is 33.2 Å². The highest BCUT2D eigenvalue weighted by Gasteiger charge is 2.22. The predicted molar refractivity (Wildman–Crippen MR) is 90.0 cm³/mol. The normalized spacial score (nSPS) is 20.1. The Bertz CT molecular complexity index is 694. The molecule has 2 aromatic rings. The highest BCUT2D eigenvalue weighted by atomic mass is 127. The van der Waals surface area contributed by atoms with Crippen molar-refractivity contribution >= 4 is 45.8 Å². The molecule has 0 bridgehead atoms. The summed E-state index contributed by atoms with van der Waals surface area (Å²) in [7, 11) is 0. The summed E-state index contributed by atoms with van der Waals surface area (Å²) >= 11 is 7.41. The lowest BCUT2D eigenvalue weighted by molar-refractivity contribution is 0.333. The quantitative estimate of drug-likeness (QED) is 0.621. The molecular formula is C14H17FIN3S. The van der Waals surface area contributed by atoms with Gasteiger partial charge >= 0.3 is 0 Å². The molecule has 1 aromatic carbocycles. The first-order valence-corrected chi connectivity index (χ1v) is 8.37. The van der Waals surface area contributed by atoms with Gasteiger partial charge in [-0.25, -0.2) is 4.39 Å². The van der Waals surface area contributed by atoms with Crippen LogP contribution in [0, 0.1) is 20.1 Å². The van der Waals surface area contributed by atoms with Crippen LogP contribution in [0.25, 0.3) is 11.0 Å². The van der Waals surface area contributed by atoms with Crippen molar-refractivity contribution in [2.45, 2.75) is 19.9 Å². The molecule has 1 aliphatic heterocycles. The van der Waals surface area contributed by atoms with E-state index < -0.39 is 0 Å². The standard InChI is InChI=1S/C14H17FIN3S/c1-2-18-4-3-9(7-18)8-19-13-5-10(15)11(16)6-12(13)17-14(19)20/h5-6,9H,2-4,7-8H2,1H3,(H,17,20). The molecule has 3 nitrogen and oxygen atoms in total. The minimum atomic E-state index is -0.178. The largest absolute Gasteiger partial charge is 0.331 e. The van der Waals surface area contributed by atoms with Crippen molar-refractivity contribution < 1.29 is 4.39 Å². The number of imidazole rings is 1. The molecule has 2 heterocycles. The lowest BCUT2D eigenvalue weighted by atomic mass is 10.1. The van der Waals surface area contributed by atoms with Gasteiger partial charge in [0.25, 0.3) is 0 Å². The molecule has 3 rings (SSSR count). The van der Waals surface area contributed by atoms with Gasteiger partial charge < -0.3 is 14.5 Å². The Labute approximate surface area is 136 Å². The minimum absolute atomic E-state index is 0.178. The van der Waals surface area contributed by atoms with Crippen LogP contribution < -0.4 is 0 Å². The Kier molecular flexibility index (Phi) is 4.14. The van der Waals surface area contributed by atoms with Gasteiger partial charge in [-0.2, -0.15) is 0 Å². The number of aromatic nitrogens is 2. The highest BCUT2D eigenvalue weighted by molar-refractivity contribution is 14.1. The molecule has 1 aliphatic rings. The molecule has 1 atom stereocenters. The lowest BCUT2D eigenvalue weighted by Gasteiger charge is -2.14. The second-order valence-electron chi connectivity index (χ2n) is 5.37. The number of hydrogen-bond donors (Lipinski definition) is 1. The molecule has 1 fully saturated rings. The molecule has 1 saturated heterocycles. The Morgan fingerprint density at radius 2 is 2.30 bits per heavy atom. The second kappa shape index (κ2) is 5.73. The maximum absolute atomic E-state index is 13.8. The molecule has 0 amide bonds. The summed E-state index contributed by atoms with van der Waals surface area (Å²) < 4.78 is 17.2. The first-order chi connectivity index (χ1) is 9.58. The summed E-state index contributed by atoms with van der Waals surface area (Å²) in [6.07, 6.45) is 1.19. The first kappa shape index (κ1) is 14.5. The molecule has 20 heavy (non-hydrogen) atoms. The molecule has 0 radical (unpaired) electrons. The van der Waals surface area contributed by atoms with Gasteiger partial charge in [-0.15, -0.1) is 0 Å². The number of hydrogen-bond acceptors (Lipinski definition) is 2. The Balaban J connectivity index is 1.93. The maximum Gasteiger partial charge on any atom is 0.178 e. The van der Waals surface area contributed by atoms with Gasteiger partial charge in [0.05, 0.1) is 14.6 Å². The van der Waals surface area contributed by atoms with E-state index in [1.165, 1.54) is 6.42 Å². The zero-order valence-corrected chi connectivity index (χ0v) is 14.3. The van der Waals surface area contributed by atoms with Crippen LogP contribution in [-0.4, -0.2) is 34.1 Å². The van der Waals surface area contributed by atoms with Gasteiger partial charge in [0.2, 0.25) is 0 Å². The van der Waals surface area contributed by atoms with Crippen LogP contribution >= 0.6 is 34.8 Å². The van der Waals surface area contributed by atoms with E-state index in [1.54, 1.807) is 6.07 Å². The fraction of sp³-hybridized carbons (Fsp3) is 0.500. The summed E-state index contributed by atoms with van der Waals surface area (Å²) in [5.41, 5.74) is 1.80. The number of halogens is 2. The minimum Gasteiger partial charge on any atom is -0.331 e. The predicted octanol–water partition coefficient (Wildman–Crippen LogP) is 3.78. The number of benzene rings is 1. The van der Waals surface area contributed by atoms with Crippen molar-refractivity contribution in [2.24, 2.45) is 5.92 Å². The van der Waals surface area contributed by atoms with Gasteiger partial charge in [0.15, 0.2) is 4.77 Å². The van der Waals surface area contributed by atoms with Crippen molar-refractivity contribution in [3.8, 4) is 0 Å². The molecule has 1 aromatic heterocycles. The van der Waals surface area contributed by atoms with E-state index in [0.717, 1.165) is 37.2 Å². The van der Waals surface area contributed by atoms with E-state index in [-0.39, 0.29) is 5.82 Å². The first-order valence-electron chi connectivity index (χ1n) is 6.88. The van der Waals surface area contributed by atoms with Crippen molar-refractivity contribution in [3.05, 3.63) is 26.3 Å². The smallest absolute Gasteiger partial charge is 0.178 e. The molecule has 6 heteroatoms. The van der Waals surface area contributed by atoms with Crippen LogP contribution in [0.5, 0.6) is 0 Å². The molecule has 1 unspecified atom stereocenters. The number of nitrogens with one attached hydrogen (secondary N) is 1. The number of fused-ring (bicyclic) bond motifs is 1. The zero-order chi connectivity index (χ0) is 14.3. The number of rotatable bonds is 3. The van der Waals surface area contributed by atoms with E-state index in [9.17, 15) is 4.39 Å².